The minimum absolute atomic E-state index is 0.0204. The molecule has 0 bridgehead atoms. The summed E-state index contributed by atoms with van der Waals surface area (Å²) in [5.41, 5.74) is 1.04. The molecular formula is C13H16ClNO2. The lowest BCUT2D eigenvalue weighted by Crippen LogP contribution is -2.52. The van der Waals surface area contributed by atoms with Crippen molar-refractivity contribution in [3.05, 3.63) is 35.9 Å². The third-order valence-electron chi connectivity index (χ3n) is 3.38. The second-order valence-corrected chi connectivity index (χ2v) is 4.89. The average Bonchev–Trinajstić information content (AvgIpc) is 2.33. The van der Waals surface area contributed by atoms with Crippen LogP contribution in [0.1, 0.15) is 18.4 Å². The molecular weight excluding hydrogens is 238 g/mol. The van der Waals surface area contributed by atoms with E-state index in [-0.39, 0.29) is 23.3 Å². The smallest absolute Gasteiger partial charge is 0.234 e. The Bertz CT molecular complexity index is 388. The molecule has 1 amide bonds. The topological polar surface area (TPSA) is 49.3 Å². The van der Waals surface area contributed by atoms with Gasteiger partial charge < -0.3 is 10.4 Å². The van der Waals surface area contributed by atoms with E-state index in [0.29, 0.717) is 19.4 Å². The van der Waals surface area contributed by atoms with Gasteiger partial charge in [0.1, 0.15) is 5.88 Å². The van der Waals surface area contributed by atoms with Crippen molar-refractivity contribution in [2.45, 2.75) is 24.4 Å². The van der Waals surface area contributed by atoms with Crippen LogP contribution in [-0.4, -0.2) is 29.5 Å². The molecule has 1 aliphatic carbocycles. The van der Waals surface area contributed by atoms with Crippen molar-refractivity contribution >= 4 is 17.5 Å². The Balaban J connectivity index is 2.09. The molecule has 0 heterocycles. The van der Waals surface area contributed by atoms with Crippen LogP contribution in [0.2, 0.25) is 0 Å². The monoisotopic (exact) mass is 253 g/mol. The van der Waals surface area contributed by atoms with E-state index in [1.165, 1.54) is 5.56 Å². The Morgan fingerprint density at radius 1 is 1.41 bits per heavy atom. The lowest BCUT2D eigenvalue weighted by atomic mass is 9.62. The number of aliphatic hydroxyl groups is 1. The molecule has 3 nitrogen and oxygen atoms in total. The molecule has 1 aromatic rings. The third kappa shape index (κ3) is 2.61. The van der Waals surface area contributed by atoms with Crippen LogP contribution in [0.3, 0.4) is 0 Å². The molecule has 2 N–H and O–H groups in total. The Morgan fingerprint density at radius 2 is 2.06 bits per heavy atom. The van der Waals surface area contributed by atoms with Gasteiger partial charge in [-0.25, -0.2) is 0 Å². The molecule has 1 aromatic carbocycles. The van der Waals surface area contributed by atoms with Crippen molar-refractivity contribution in [2.75, 3.05) is 12.4 Å². The van der Waals surface area contributed by atoms with Crippen LogP contribution in [0.25, 0.3) is 0 Å². The summed E-state index contributed by atoms with van der Waals surface area (Å²) >= 11 is 5.46. The number of hydrogen-bond donors (Lipinski definition) is 2. The molecule has 1 aliphatic rings. The van der Waals surface area contributed by atoms with Crippen LogP contribution < -0.4 is 5.32 Å². The summed E-state index contributed by atoms with van der Waals surface area (Å²) in [6.07, 6.45) is 1.13. The molecule has 1 fully saturated rings. The van der Waals surface area contributed by atoms with Crippen LogP contribution in [0.5, 0.6) is 0 Å². The summed E-state index contributed by atoms with van der Waals surface area (Å²) in [7, 11) is 0. The Morgan fingerprint density at radius 3 is 2.59 bits per heavy atom. The van der Waals surface area contributed by atoms with Crippen molar-refractivity contribution in [2.24, 2.45) is 0 Å². The number of rotatable bonds is 4. The van der Waals surface area contributed by atoms with Crippen molar-refractivity contribution in [3.63, 3.8) is 0 Å². The average molecular weight is 254 g/mol. The number of carbonyl (C=O) groups is 1. The molecule has 0 spiro atoms. The maximum atomic E-state index is 11.2. The Kier molecular flexibility index (Phi) is 3.69. The molecule has 1 saturated carbocycles. The predicted octanol–water partition coefficient (Wildman–Crippen LogP) is 1.43. The highest BCUT2D eigenvalue weighted by Gasteiger charge is 2.44. The summed E-state index contributed by atoms with van der Waals surface area (Å²) in [4.78, 5) is 11.2. The maximum Gasteiger partial charge on any atom is 0.234 e. The zero-order valence-electron chi connectivity index (χ0n) is 9.53. The number of benzene rings is 1. The highest BCUT2D eigenvalue weighted by molar-refractivity contribution is 6.27. The molecule has 0 unspecified atom stereocenters. The van der Waals surface area contributed by atoms with Gasteiger partial charge in [-0.1, -0.05) is 30.3 Å². The highest BCUT2D eigenvalue weighted by atomic mass is 35.5. The summed E-state index contributed by atoms with van der Waals surface area (Å²) in [5, 5.41) is 12.3. The summed E-state index contributed by atoms with van der Waals surface area (Å²) in [6.45, 7) is 0.541. The normalized spacial score (nSPS) is 27.3. The Hall–Kier alpha value is -1.06. The summed E-state index contributed by atoms with van der Waals surface area (Å²) in [6, 6.07) is 10.00. The van der Waals surface area contributed by atoms with Crippen LogP contribution in [0, 0.1) is 0 Å². The summed E-state index contributed by atoms with van der Waals surface area (Å²) < 4.78 is 0. The van der Waals surface area contributed by atoms with Crippen LogP contribution >= 0.6 is 11.6 Å². The lowest BCUT2D eigenvalue weighted by molar-refractivity contribution is -0.119. The first-order chi connectivity index (χ1) is 8.16. The van der Waals surface area contributed by atoms with Crippen molar-refractivity contribution in [1.29, 1.82) is 0 Å². The summed E-state index contributed by atoms with van der Waals surface area (Å²) in [5.74, 6) is -0.184. The van der Waals surface area contributed by atoms with Crippen molar-refractivity contribution in [3.8, 4) is 0 Å². The van der Waals surface area contributed by atoms with Gasteiger partial charge in [0.05, 0.1) is 6.10 Å². The van der Waals surface area contributed by atoms with E-state index < -0.39 is 0 Å². The van der Waals surface area contributed by atoms with Crippen molar-refractivity contribution < 1.29 is 9.90 Å². The van der Waals surface area contributed by atoms with Crippen LogP contribution in [-0.2, 0) is 10.2 Å². The van der Waals surface area contributed by atoms with E-state index in [1.807, 2.05) is 30.3 Å². The van der Waals surface area contributed by atoms with E-state index in [4.69, 9.17) is 11.6 Å². The van der Waals surface area contributed by atoms with Gasteiger partial charge in [-0.05, 0) is 18.4 Å². The molecule has 0 aromatic heterocycles. The molecule has 17 heavy (non-hydrogen) atoms. The second-order valence-electron chi connectivity index (χ2n) is 4.62. The number of hydrogen-bond acceptors (Lipinski definition) is 2. The second kappa shape index (κ2) is 5.07. The fourth-order valence-corrected chi connectivity index (χ4v) is 2.53. The van der Waals surface area contributed by atoms with E-state index >= 15 is 0 Å². The van der Waals surface area contributed by atoms with E-state index in [9.17, 15) is 9.90 Å². The SMILES string of the molecule is O=C(CCl)NCC1(c2ccccc2)CC(O)C1. The van der Waals surface area contributed by atoms with Gasteiger partial charge in [-0.15, -0.1) is 11.6 Å². The standard InChI is InChI=1S/C13H16ClNO2/c14-8-12(17)15-9-13(6-11(16)7-13)10-4-2-1-3-5-10/h1-5,11,16H,6-9H2,(H,15,17). The van der Waals surface area contributed by atoms with E-state index in [2.05, 4.69) is 5.32 Å². The highest BCUT2D eigenvalue weighted by Crippen LogP contribution is 2.43. The minimum Gasteiger partial charge on any atom is -0.393 e. The number of nitrogens with one attached hydrogen (secondary N) is 1. The van der Waals surface area contributed by atoms with Crippen LogP contribution in [0.15, 0.2) is 30.3 Å². The first kappa shape index (κ1) is 12.4. The number of halogens is 1. The Labute approximate surface area is 106 Å². The van der Waals surface area contributed by atoms with Gasteiger partial charge in [-0.3, -0.25) is 4.79 Å². The van der Waals surface area contributed by atoms with Crippen molar-refractivity contribution in [1.82, 2.24) is 5.32 Å². The maximum absolute atomic E-state index is 11.2. The van der Waals surface area contributed by atoms with Gasteiger partial charge >= 0.3 is 0 Å². The van der Waals surface area contributed by atoms with E-state index in [0.717, 1.165) is 0 Å². The quantitative estimate of drug-likeness (QED) is 0.798. The number of amides is 1. The zero-order chi connectivity index (χ0) is 12.3. The van der Waals surface area contributed by atoms with Gasteiger partial charge in [0, 0.05) is 12.0 Å². The molecule has 4 heteroatoms. The zero-order valence-corrected chi connectivity index (χ0v) is 10.3. The predicted molar refractivity (Wildman–Crippen MR) is 67.1 cm³/mol. The largest absolute Gasteiger partial charge is 0.393 e. The van der Waals surface area contributed by atoms with Gasteiger partial charge in [-0.2, -0.15) is 0 Å². The molecule has 0 aliphatic heterocycles. The lowest BCUT2D eigenvalue weighted by Gasteiger charge is -2.46. The number of alkyl halides is 1. The molecule has 92 valence electrons. The van der Waals surface area contributed by atoms with Crippen LogP contribution in [0.4, 0.5) is 0 Å². The molecule has 0 saturated heterocycles. The van der Waals surface area contributed by atoms with Gasteiger partial charge in [0.25, 0.3) is 0 Å². The third-order valence-corrected chi connectivity index (χ3v) is 3.63. The van der Waals surface area contributed by atoms with Gasteiger partial charge in [0.15, 0.2) is 0 Å². The first-order valence-electron chi connectivity index (χ1n) is 5.72. The number of aliphatic hydroxyl groups excluding tert-OH is 1. The number of carbonyl (C=O) groups excluding carboxylic acids is 1. The fourth-order valence-electron chi connectivity index (χ4n) is 2.43. The van der Waals surface area contributed by atoms with Gasteiger partial charge in [0.2, 0.25) is 5.91 Å². The minimum atomic E-state index is -0.261. The molecule has 0 atom stereocenters. The molecule has 2 rings (SSSR count). The van der Waals surface area contributed by atoms with E-state index in [1.54, 1.807) is 0 Å². The fraction of sp³-hybridized carbons (Fsp3) is 0.462. The molecule has 0 radical (unpaired) electrons. The first-order valence-corrected chi connectivity index (χ1v) is 6.26.